The van der Waals surface area contributed by atoms with Crippen LogP contribution in [0, 0.1) is 0 Å². The van der Waals surface area contributed by atoms with Gasteiger partial charge in [-0.15, -0.1) is 10.2 Å². The van der Waals surface area contributed by atoms with Crippen LogP contribution in [-0.2, 0) is 4.79 Å². The van der Waals surface area contributed by atoms with Crippen LogP contribution in [0.3, 0.4) is 0 Å². The van der Waals surface area contributed by atoms with E-state index >= 15 is 0 Å². The summed E-state index contributed by atoms with van der Waals surface area (Å²) in [6.45, 7) is 1.98. The van der Waals surface area contributed by atoms with Gasteiger partial charge in [0.2, 0.25) is 11.9 Å². The number of thioether (sulfide) groups is 1. The van der Waals surface area contributed by atoms with Crippen molar-refractivity contribution in [3.05, 3.63) is 30.3 Å². The molecule has 1 aromatic heterocycles. The predicted molar refractivity (Wildman–Crippen MR) is 87.3 cm³/mol. The molecule has 6 nitrogen and oxygen atoms in total. The van der Waals surface area contributed by atoms with Gasteiger partial charge in [0, 0.05) is 13.1 Å². The van der Waals surface area contributed by atoms with E-state index in [1.807, 2.05) is 34.9 Å². The molecule has 0 bridgehead atoms. The fraction of sp³-hybridized carbons (Fsp3) is 0.400. The number of hydrogen-bond donors (Lipinski definition) is 1. The molecule has 1 aliphatic heterocycles. The highest BCUT2D eigenvalue weighted by Crippen LogP contribution is 2.27. The van der Waals surface area contributed by atoms with E-state index in [1.165, 1.54) is 31.0 Å². The number of carbonyl (C=O) groups is 1. The number of rotatable bonds is 5. The number of aromatic nitrogens is 3. The topological polar surface area (TPSA) is 77.0 Å². The summed E-state index contributed by atoms with van der Waals surface area (Å²) in [5.41, 5.74) is 6.25. The van der Waals surface area contributed by atoms with E-state index in [9.17, 15) is 4.79 Å². The van der Waals surface area contributed by atoms with Gasteiger partial charge in [-0.3, -0.25) is 9.36 Å². The number of nitrogens with zero attached hydrogens (tertiary/aromatic N) is 4. The third kappa shape index (κ3) is 3.24. The fourth-order valence-electron chi connectivity index (χ4n) is 2.59. The Morgan fingerprint density at radius 2 is 1.86 bits per heavy atom. The molecule has 22 heavy (non-hydrogen) atoms. The molecule has 0 atom stereocenters. The highest BCUT2D eigenvalue weighted by atomic mass is 32.2. The molecule has 1 aliphatic rings. The average Bonchev–Trinajstić information content (AvgIpc) is 2.98. The van der Waals surface area contributed by atoms with Gasteiger partial charge in [0.1, 0.15) is 0 Å². The Hall–Kier alpha value is -2.02. The second kappa shape index (κ2) is 6.83. The Morgan fingerprint density at radius 1 is 1.14 bits per heavy atom. The molecular formula is C15H19N5OS. The van der Waals surface area contributed by atoms with E-state index < -0.39 is 0 Å². The zero-order chi connectivity index (χ0) is 15.4. The maximum absolute atomic E-state index is 11.1. The number of anilines is 1. The Kier molecular flexibility index (Phi) is 4.62. The Balaban J connectivity index is 1.97. The van der Waals surface area contributed by atoms with Gasteiger partial charge in [-0.1, -0.05) is 30.0 Å². The van der Waals surface area contributed by atoms with E-state index in [0.29, 0.717) is 5.16 Å². The largest absolute Gasteiger partial charge is 0.369 e. The summed E-state index contributed by atoms with van der Waals surface area (Å²) in [5.74, 6) is 0.690. The average molecular weight is 317 g/mol. The lowest BCUT2D eigenvalue weighted by Crippen LogP contribution is -2.31. The van der Waals surface area contributed by atoms with Gasteiger partial charge in [-0.25, -0.2) is 0 Å². The zero-order valence-corrected chi connectivity index (χ0v) is 13.1. The number of piperidine rings is 1. The van der Waals surface area contributed by atoms with Crippen LogP contribution >= 0.6 is 11.8 Å². The molecule has 1 aromatic carbocycles. The van der Waals surface area contributed by atoms with Crippen LogP contribution in [-0.4, -0.2) is 39.5 Å². The molecule has 0 radical (unpaired) electrons. The Labute approximate surface area is 133 Å². The van der Waals surface area contributed by atoms with Crippen LogP contribution in [0.2, 0.25) is 0 Å². The van der Waals surface area contributed by atoms with Crippen LogP contribution in [0.15, 0.2) is 35.5 Å². The minimum absolute atomic E-state index is 0.199. The molecule has 2 aromatic rings. The summed E-state index contributed by atoms with van der Waals surface area (Å²) in [5, 5.41) is 9.33. The first kappa shape index (κ1) is 14.9. The van der Waals surface area contributed by atoms with Crippen molar-refractivity contribution in [1.29, 1.82) is 0 Å². The van der Waals surface area contributed by atoms with Gasteiger partial charge in [0.05, 0.1) is 11.4 Å². The van der Waals surface area contributed by atoms with Crippen molar-refractivity contribution < 1.29 is 4.79 Å². The monoisotopic (exact) mass is 317 g/mol. The van der Waals surface area contributed by atoms with E-state index in [-0.39, 0.29) is 11.7 Å². The quantitative estimate of drug-likeness (QED) is 0.851. The van der Waals surface area contributed by atoms with Crippen molar-refractivity contribution in [2.24, 2.45) is 5.73 Å². The first-order valence-electron chi connectivity index (χ1n) is 7.42. The molecule has 0 aliphatic carbocycles. The number of benzene rings is 1. The number of primary amides is 1. The SMILES string of the molecule is NC(=O)CSc1nnc(N2CCCCC2)n1-c1ccccc1. The van der Waals surface area contributed by atoms with E-state index in [1.54, 1.807) is 0 Å². The molecule has 1 fully saturated rings. The van der Waals surface area contributed by atoms with Gasteiger partial charge in [-0.2, -0.15) is 0 Å². The second-order valence-corrected chi connectivity index (χ2v) is 6.20. The first-order chi connectivity index (χ1) is 10.8. The highest BCUT2D eigenvalue weighted by molar-refractivity contribution is 7.99. The van der Waals surface area contributed by atoms with Crippen LogP contribution in [0.25, 0.3) is 5.69 Å². The minimum Gasteiger partial charge on any atom is -0.369 e. The molecular weight excluding hydrogens is 298 g/mol. The van der Waals surface area contributed by atoms with Crippen LogP contribution < -0.4 is 10.6 Å². The van der Waals surface area contributed by atoms with Gasteiger partial charge in [-0.05, 0) is 31.4 Å². The van der Waals surface area contributed by atoms with E-state index in [2.05, 4.69) is 15.1 Å². The summed E-state index contributed by atoms with van der Waals surface area (Å²) >= 11 is 1.32. The van der Waals surface area contributed by atoms with Crippen molar-refractivity contribution in [2.75, 3.05) is 23.7 Å². The van der Waals surface area contributed by atoms with Crippen LogP contribution in [0.1, 0.15) is 19.3 Å². The van der Waals surface area contributed by atoms with Crippen LogP contribution in [0.5, 0.6) is 0 Å². The number of para-hydroxylation sites is 1. The molecule has 7 heteroatoms. The molecule has 2 N–H and O–H groups in total. The predicted octanol–water partition coefficient (Wildman–Crippen LogP) is 1.83. The minimum atomic E-state index is -0.355. The highest BCUT2D eigenvalue weighted by Gasteiger charge is 2.21. The van der Waals surface area contributed by atoms with Crippen molar-refractivity contribution >= 4 is 23.6 Å². The number of nitrogens with two attached hydrogens (primary N) is 1. The maximum atomic E-state index is 11.1. The smallest absolute Gasteiger partial charge is 0.232 e. The standard InChI is InChI=1S/C15H19N5OS/c16-13(21)11-22-15-18-17-14(19-9-5-2-6-10-19)20(15)12-7-3-1-4-8-12/h1,3-4,7-8H,2,5-6,9-11H2,(H2,16,21). The summed E-state index contributed by atoms with van der Waals surface area (Å²) in [7, 11) is 0. The zero-order valence-electron chi connectivity index (χ0n) is 12.3. The molecule has 1 amide bonds. The van der Waals surface area contributed by atoms with Gasteiger partial charge in [0.15, 0.2) is 5.16 Å². The molecule has 0 spiro atoms. The molecule has 1 saturated heterocycles. The normalized spacial score (nSPS) is 15.0. The van der Waals surface area contributed by atoms with Crippen molar-refractivity contribution in [3.63, 3.8) is 0 Å². The number of carbonyl (C=O) groups excluding carboxylic acids is 1. The third-order valence-corrected chi connectivity index (χ3v) is 4.56. The lowest BCUT2D eigenvalue weighted by molar-refractivity contribution is -0.115. The lowest BCUT2D eigenvalue weighted by Gasteiger charge is -2.27. The van der Waals surface area contributed by atoms with Crippen molar-refractivity contribution in [2.45, 2.75) is 24.4 Å². The van der Waals surface area contributed by atoms with Gasteiger partial charge < -0.3 is 10.6 Å². The van der Waals surface area contributed by atoms with E-state index in [0.717, 1.165) is 24.7 Å². The van der Waals surface area contributed by atoms with Crippen LogP contribution in [0.4, 0.5) is 5.95 Å². The summed E-state index contributed by atoms with van der Waals surface area (Å²) < 4.78 is 2.01. The van der Waals surface area contributed by atoms with E-state index in [4.69, 9.17) is 5.73 Å². The molecule has 2 heterocycles. The summed E-state index contributed by atoms with van der Waals surface area (Å²) in [6.07, 6.45) is 3.61. The van der Waals surface area contributed by atoms with Gasteiger partial charge in [0.25, 0.3) is 0 Å². The molecule has 0 saturated carbocycles. The Bertz CT molecular complexity index is 637. The fourth-order valence-corrected chi connectivity index (χ4v) is 3.28. The van der Waals surface area contributed by atoms with Crippen molar-refractivity contribution in [1.82, 2.24) is 14.8 Å². The van der Waals surface area contributed by atoms with Crippen molar-refractivity contribution in [3.8, 4) is 5.69 Å². The lowest BCUT2D eigenvalue weighted by atomic mass is 10.1. The first-order valence-corrected chi connectivity index (χ1v) is 8.41. The molecule has 3 rings (SSSR count). The molecule has 116 valence electrons. The third-order valence-electron chi connectivity index (χ3n) is 3.61. The number of amides is 1. The Morgan fingerprint density at radius 3 is 2.55 bits per heavy atom. The van der Waals surface area contributed by atoms with Gasteiger partial charge >= 0.3 is 0 Å². The summed E-state index contributed by atoms with van der Waals surface area (Å²) in [6, 6.07) is 9.98. The molecule has 0 unspecified atom stereocenters. The summed E-state index contributed by atoms with van der Waals surface area (Å²) in [4.78, 5) is 13.3. The number of hydrogen-bond acceptors (Lipinski definition) is 5. The second-order valence-electron chi connectivity index (χ2n) is 5.26. The maximum Gasteiger partial charge on any atom is 0.232 e.